The predicted octanol–water partition coefficient (Wildman–Crippen LogP) is 6.71. The lowest BCUT2D eigenvalue weighted by molar-refractivity contribution is -0.114. The molecule has 172 valence electrons. The molecule has 5 nitrogen and oxygen atoms in total. The molecule has 1 aromatic carbocycles. The molecule has 0 unspecified atom stereocenters. The van der Waals surface area contributed by atoms with Gasteiger partial charge in [0.05, 0.1) is 41.0 Å². The summed E-state index contributed by atoms with van der Waals surface area (Å²) in [5, 5.41) is 10.0. The number of hydrogen-bond acceptors (Lipinski definition) is 3. The van der Waals surface area contributed by atoms with Gasteiger partial charge in [-0.15, -0.1) is 0 Å². The number of carbonyl (C=O) groups excluding carboxylic acids is 2. The van der Waals surface area contributed by atoms with Gasteiger partial charge in [0.25, 0.3) is 5.91 Å². The number of anilines is 1. The second-order valence-electron chi connectivity index (χ2n) is 9.08. The van der Waals surface area contributed by atoms with Crippen LogP contribution in [0.3, 0.4) is 0 Å². The molecule has 2 amide bonds. The van der Waals surface area contributed by atoms with Crippen LogP contribution in [-0.4, -0.2) is 47.6 Å². The van der Waals surface area contributed by atoms with Gasteiger partial charge in [-0.25, -0.2) is 9.69 Å². The summed E-state index contributed by atoms with van der Waals surface area (Å²) < 4.78 is 5.23. The lowest BCUT2D eigenvalue weighted by Gasteiger charge is -2.39. The molecular weight excluding hydrogens is 407 g/mol. The van der Waals surface area contributed by atoms with E-state index in [1.807, 2.05) is 26.0 Å². The van der Waals surface area contributed by atoms with E-state index in [1.165, 1.54) is 0 Å². The Morgan fingerprint density at radius 1 is 1.00 bits per heavy atom. The van der Waals surface area contributed by atoms with Crippen LogP contribution in [0, 0.1) is 0 Å². The second kappa shape index (κ2) is 11.6. The fourth-order valence-corrected chi connectivity index (χ4v) is 9.98. The topological polar surface area (TPSA) is 68.9 Å². The lowest BCUT2D eigenvalue weighted by Crippen LogP contribution is -2.41. The third-order valence-electron chi connectivity index (χ3n) is 6.16. The molecule has 1 aromatic rings. The van der Waals surface area contributed by atoms with Crippen molar-refractivity contribution in [3.63, 3.8) is 0 Å². The Morgan fingerprint density at radius 2 is 1.52 bits per heavy atom. The van der Waals surface area contributed by atoms with Gasteiger partial charge in [0.2, 0.25) is 0 Å². The average molecular weight is 447 g/mol. The zero-order chi connectivity index (χ0) is 23.9. The van der Waals surface area contributed by atoms with Crippen molar-refractivity contribution in [1.82, 2.24) is 0 Å². The maximum Gasteiger partial charge on any atom is 0.421 e. The molecule has 0 aliphatic heterocycles. The molecule has 31 heavy (non-hydrogen) atoms. The monoisotopic (exact) mass is 446 g/mol. The van der Waals surface area contributed by atoms with Crippen LogP contribution in [-0.2, 0) is 9.53 Å². The first kappa shape index (κ1) is 27.1. The van der Waals surface area contributed by atoms with E-state index in [1.54, 1.807) is 19.1 Å². The number of carbonyl (C=O) groups is 2. The molecule has 0 spiro atoms. The zero-order valence-corrected chi connectivity index (χ0v) is 21.5. The van der Waals surface area contributed by atoms with Gasteiger partial charge in [0, 0.05) is 7.26 Å². The van der Waals surface area contributed by atoms with Crippen LogP contribution in [0.25, 0.3) is 5.41 Å². The highest BCUT2D eigenvalue weighted by Crippen LogP contribution is 2.70. The lowest BCUT2D eigenvalue weighted by atomic mass is 10.0. The van der Waals surface area contributed by atoms with Gasteiger partial charge < -0.3 is 10.1 Å². The van der Waals surface area contributed by atoms with Crippen molar-refractivity contribution in [3.8, 4) is 0 Å². The summed E-state index contributed by atoms with van der Waals surface area (Å²) in [6, 6.07) is 7.32. The zero-order valence-electron chi connectivity index (χ0n) is 20.6. The van der Waals surface area contributed by atoms with E-state index in [0.717, 1.165) is 10.5 Å². The third-order valence-corrected chi connectivity index (χ3v) is 12.8. The van der Waals surface area contributed by atoms with E-state index in [9.17, 15) is 15.0 Å². The minimum absolute atomic E-state index is 0.0973. The largest absolute Gasteiger partial charge is 0.763 e. The smallest absolute Gasteiger partial charge is 0.421 e. The van der Waals surface area contributed by atoms with Gasteiger partial charge in [0.1, 0.15) is 0 Å². The van der Waals surface area contributed by atoms with Crippen LogP contribution < -0.4 is 4.90 Å². The first-order valence-electron chi connectivity index (χ1n) is 11.2. The van der Waals surface area contributed by atoms with E-state index in [2.05, 4.69) is 47.4 Å². The highest BCUT2D eigenvalue weighted by molar-refractivity contribution is 7.78. The summed E-state index contributed by atoms with van der Waals surface area (Å²) in [6.07, 6.45) is -0.314. The van der Waals surface area contributed by atoms with Crippen molar-refractivity contribution in [3.05, 3.63) is 40.8 Å². The summed E-state index contributed by atoms with van der Waals surface area (Å²) in [7, 11) is -1.71. The molecule has 0 aliphatic carbocycles. The van der Waals surface area contributed by atoms with Gasteiger partial charge in [-0.2, -0.15) is 0 Å². The third kappa shape index (κ3) is 5.84. The van der Waals surface area contributed by atoms with E-state index in [4.69, 9.17) is 4.74 Å². The summed E-state index contributed by atoms with van der Waals surface area (Å²) >= 11 is 0. The number of para-hydroxylation sites is 1. The van der Waals surface area contributed by atoms with Crippen molar-refractivity contribution in [1.29, 1.82) is 0 Å². The van der Waals surface area contributed by atoms with Crippen molar-refractivity contribution in [2.75, 3.05) is 17.7 Å². The van der Waals surface area contributed by atoms with Gasteiger partial charge in [-0.05, 0) is 66.0 Å². The van der Waals surface area contributed by atoms with Gasteiger partial charge >= 0.3 is 6.09 Å². The molecule has 0 bridgehead atoms. The maximum atomic E-state index is 13.7. The standard InChI is InChI=1S/C25H39N2O3P/c1-10-30-25(29)27(23-14-12-11-13-22(23)17(2)3)24(28)21(15-26)16-31(18(4)5,19(6)7)20(8)9/h11-14,17-20H,10,16H2,1-9H3. The van der Waals surface area contributed by atoms with Crippen LogP contribution in [0.15, 0.2) is 29.8 Å². The Kier molecular flexibility index (Phi) is 10.1. The molecule has 0 radical (unpaired) electrons. The quantitative estimate of drug-likeness (QED) is 0.240. The molecular formula is C25H39N2O3P. The van der Waals surface area contributed by atoms with Gasteiger partial charge in [0.15, 0.2) is 0 Å². The first-order chi connectivity index (χ1) is 14.4. The van der Waals surface area contributed by atoms with E-state index >= 15 is 0 Å². The molecule has 6 heteroatoms. The number of amides is 2. The number of hydrogen-bond donors (Lipinski definition) is 0. The number of rotatable bonds is 9. The number of benzene rings is 1. The molecule has 1 rings (SSSR count). The molecule has 0 heterocycles. The molecule has 0 saturated heterocycles. The summed E-state index contributed by atoms with van der Waals surface area (Å²) in [4.78, 5) is 27.7. The highest BCUT2D eigenvalue weighted by Gasteiger charge is 2.49. The molecule has 0 aliphatic rings. The Bertz CT molecular complexity index is 802. The van der Waals surface area contributed by atoms with Crippen LogP contribution >= 0.6 is 7.26 Å². The van der Waals surface area contributed by atoms with Crippen molar-refractivity contribution < 1.29 is 14.3 Å². The van der Waals surface area contributed by atoms with Crippen molar-refractivity contribution in [2.24, 2.45) is 0 Å². The van der Waals surface area contributed by atoms with Gasteiger partial charge in [-0.3, -0.25) is 10.7 Å². The number of imide groups is 1. The molecule has 0 saturated carbocycles. The van der Waals surface area contributed by atoms with Crippen molar-refractivity contribution >= 4 is 30.8 Å². The Hall–Kier alpha value is -1.96. The Balaban J connectivity index is 3.58. The minimum Gasteiger partial charge on any atom is -0.763 e. The van der Waals surface area contributed by atoms with Crippen LogP contribution in [0.1, 0.15) is 73.8 Å². The normalized spacial score (nSPS) is 11.8. The Morgan fingerprint density at radius 3 is 1.94 bits per heavy atom. The van der Waals surface area contributed by atoms with Crippen LogP contribution in [0.5, 0.6) is 0 Å². The Labute approximate surface area is 189 Å². The van der Waals surface area contributed by atoms with E-state index in [0.29, 0.717) is 28.8 Å². The summed E-state index contributed by atoms with van der Waals surface area (Å²) in [5.74, 6) is 1.69. The SMILES string of the molecule is CCOC(=O)N(C(=O)C(=C=[N-])C[P+](C(C)C)(C(C)C)C(C)C)c1ccccc1C(C)C. The average Bonchev–Trinajstić information content (AvgIpc) is 2.68. The predicted molar refractivity (Wildman–Crippen MR) is 134 cm³/mol. The number of nitrogens with zero attached hydrogens (tertiary/aromatic N) is 2. The fraction of sp³-hybridized carbons (Fsp3) is 0.600. The molecule has 0 fully saturated rings. The van der Waals surface area contributed by atoms with E-state index < -0.39 is 19.3 Å². The number of ether oxygens (including phenoxy) is 1. The highest BCUT2D eigenvalue weighted by atomic mass is 31.2. The first-order valence-corrected chi connectivity index (χ1v) is 13.4. The van der Waals surface area contributed by atoms with E-state index in [-0.39, 0.29) is 18.1 Å². The molecule has 0 atom stereocenters. The summed E-state index contributed by atoms with van der Waals surface area (Å²) in [6.45, 7) is 19.0. The maximum absolute atomic E-state index is 13.7. The summed E-state index contributed by atoms with van der Waals surface area (Å²) in [5.41, 5.74) is 2.57. The van der Waals surface area contributed by atoms with Crippen LogP contribution in [0.2, 0.25) is 0 Å². The molecule has 0 N–H and O–H groups in total. The molecule has 0 aromatic heterocycles. The van der Waals surface area contributed by atoms with Crippen molar-refractivity contribution in [2.45, 2.75) is 85.2 Å². The second-order valence-corrected chi connectivity index (χ2v) is 14.5. The van der Waals surface area contributed by atoms with Gasteiger partial charge in [-0.1, -0.05) is 32.0 Å². The fourth-order valence-electron chi connectivity index (χ4n) is 4.55. The minimum atomic E-state index is -1.71. The van der Waals surface area contributed by atoms with Crippen LogP contribution in [0.4, 0.5) is 10.5 Å².